The molecule has 0 saturated carbocycles. The smallest absolute Gasteiger partial charge is 0.281 e. The fourth-order valence-corrected chi connectivity index (χ4v) is 2.77. The molecular weight excluding hydrogens is 355 g/mol. The van der Waals surface area contributed by atoms with Gasteiger partial charge in [-0.15, -0.1) is 5.10 Å². The van der Waals surface area contributed by atoms with Crippen LogP contribution in [0.25, 0.3) is 11.4 Å². The lowest BCUT2D eigenvalue weighted by atomic mass is 10.2. The van der Waals surface area contributed by atoms with Crippen LogP contribution < -0.4 is 5.32 Å². The largest absolute Gasteiger partial charge is 0.350 e. The summed E-state index contributed by atoms with van der Waals surface area (Å²) in [5, 5.41) is 7.55. The zero-order chi connectivity index (χ0) is 19.3. The summed E-state index contributed by atoms with van der Waals surface area (Å²) in [7, 11) is 0. The van der Waals surface area contributed by atoms with E-state index in [0.717, 1.165) is 5.56 Å². The quantitative estimate of drug-likeness (QED) is 0.565. The molecule has 138 valence electrons. The van der Waals surface area contributed by atoms with Gasteiger partial charge in [0.1, 0.15) is 5.82 Å². The van der Waals surface area contributed by atoms with Gasteiger partial charge in [-0.05, 0) is 42.0 Å². The topological polar surface area (TPSA) is 59.8 Å². The molecule has 0 spiro atoms. The third-order valence-corrected chi connectivity index (χ3v) is 4.22. The number of carbonyl (C=O) groups is 1. The number of anilines is 1. The molecule has 0 atom stereocenters. The van der Waals surface area contributed by atoms with Crippen LogP contribution in [-0.4, -0.2) is 20.7 Å². The minimum Gasteiger partial charge on any atom is -0.350 e. The van der Waals surface area contributed by atoms with Crippen molar-refractivity contribution in [2.75, 3.05) is 5.32 Å². The number of carbonyl (C=O) groups excluding carboxylic acids is 1. The molecule has 1 N–H and O–H groups in total. The molecule has 0 aliphatic heterocycles. The van der Waals surface area contributed by atoms with Crippen LogP contribution in [0.4, 0.5) is 10.3 Å². The Balaban J connectivity index is 1.69. The molecule has 4 rings (SSSR count). The molecule has 0 aliphatic carbocycles. The van der Waals surface area contributed by atoms with Crippen LogP contribution in [0.3, 0.4) is 0 Å². The van der Waals surface area contributed by atoms with Crippen molar-refractivity contribution in [3.8, 4) is 11.4 Å². The van der Waals surface area contributed by atoms with Gasteiger partial charge >= 0.3 is 0 Å². The molecule has 0 aliphatic rings. The van der Waals surface area contributed by atoms with Crippen molar-refractivity contribution < 1.29 is 9.18 Å². The van der Waals surface area contributed by atoms with E-state index in [1.54, 1.807) is 36.4 Å². The predicted octanol–water partition coefficient (Wildman–Crippen LogP) is 4.38. The van der Waals surface area contributed by atoms with E-state index < -0.39 is 0 Å². The maximum absolute atomic E-state index is 13.2. The fourth-order valence-electron chi connectivity index (χ4n) is 2.77. The molecule has 0 saturated heterocycles. The van der Waals surface area contributed by atoms with E-state index in [9.17, 15) is 9.18 Å². The number of benzene rings is 3. The molecule has 6 heteroatoms. The average Bonchev–Trinajstić information content (AvgIpc) is 3.18. The highest BCUT2D eigenvalue weighted by atomic mass is 19.1. The van der Waals surface area contributed by atoms with Crippen molar-refractivity contribution in [1.29, 1.82) is 0 Å². The second kappa shape index (κ2) is 7.84. The van der Waals surface area contributed by atoms with Crippen LogP contribution in [0.5, 0.6) is 0 Å². The summed E-state index contributed by atoms with van der Waals surface area (Å²) in [6, 6.07) is 24.5. The minimum absolute atomic E-state index is 0.294. The fraction of sp³-hybridized carbons (Fsp3) is 0.0455. The van der Waals surface area contributed by atoms with Crippen molar-refractivity contribution in [1.82, 2.24) is 14.8 Å². The second-order valence-corrected chi connectivity index (χ2v) is 6.19. The first-order valence-corrected chi connectivity index (χ1v) is 8.81. The van der Waals surface area contributed by atoms with Gasteiger partial charge in [0.25, 0.3) is 5.91 Å². The zero-order valence-corrected chi connectivity index (χ0v) is 14.9. The highest BCUT2D eigenvalue weighted by Crippen LogP contribution is 2.20. The van der Waals surface area contributed by atoms with Gasteiger partial charge < -0.3 is 5.32 Å². The Bertz CT molecular complexity index is 1080. The second-order valence-electron chi connectivity index (χ2n) is 6.19. The Labute approximate surface area is 161 Å². The van der Waals surface area contributed by atoms with Gasteiger partial charge in [-0.25, -0.2) is 4.39 Å². The third kappa shape index (κ3) is 3.81. The summed E-state index contributed by atoms with van der Waals surface area (Å²) in [5.74, 6) is 0.0415. The molecule has 1 heterocycles. The van der Waals surface area contributed by atoms with Crippen molar-refractivity contribution in [3.05, 3.63) is 102 Å². The highest BCUT2D eigenvalue weighted by molar-refractivity contribution is 5.97. The van der Waals surface area contributed by atoms with Gasteiger partial charge in [0, 0.05) is 17.7 Å². The monoisotopic (exact) mass is 372 g/mol. The lowest BCUT2D eigenvalue weighted by Crippen LogP contribution is -2.17. The Morgan fingerprint density at radius 2 is 1.54 bits per heavy atom. The summed E-state index contributed by atoms with van der Waals surface area (Å²) in [5.41, 5.74) is 2.18. The number of hydrogen-bond donors (Lipinski definition) is 1. The van der Waals surface area contributed by atoms with E-state index in [0.29, 0.717) is 29.4 Å². The summed E-state index contributed by atoms with van der Waals surface area (Å²) < 4.78 is 14.5. The van der Waals surface area contributed by atoms with Crippen LogP contribution in [0, 0.1) is 5.82 Å². The van der Waals surface area contributed by atoms with Crippen LogP contribution in [0.1, 0.15) is 15.9 Å². The number of aromatic nitrogens is 3. The SMILES string of the molecule is O=C(c1ccccc1)n1nc(-c2ccc(F)cc2)nc1NCc1ccccc1. The van der Waals surface area contributed by atoms with E-state index in [1.807, 2.05) is 36.4 Å². The Morgan fingerprint density at radius 1 is 0.893 bits per heavy atom. The lowest BCUT2D eigenvalue weighted by Gasteiger charge is -2.07. The summed E-state index contributed by atoms with van der Waals surface area (Å²) in [6.45, 7) is 0.491. The molecule has 0 fully saturated rings. The van der Waals surface area contributed by atoms with Gasteiger partial charge in [-0.1, -0.05) is 48.5 Å². The first-order valence-electron chi connectivity index (χ1n) is 8.81. The molecule has 4 aromatic rings. The van der Waals surface area contributed by atoms with Gasteiger partial charge in [0.15, 0.2) is 5.82 Å². The van der Waals surface area contributed by atoms with Gasteiger partial charge in [-0.3, -0.25) is 4.79 Å². The molecular formula is C22H17FN4O. The molecule has 0 bridgehead atoms. The molecule has 0 amide bonds. The highest BCUT2D eigenvalue weighted by Gasteiger charge is 2.18. The van der Waals surface area contributed by atoms with E-state index in [2.05, 4.69) is 15.4 Å². The Morgan fingerprint density at radius 3 is 2.21 bits per heavy atom. The normalized spacial score (nSPS) is 10.6. The van der Waals surface area contributed by atoms with Crippen molar-refractivity contribution in [2.45, 2.75) is 6.54 Å². The number of halogens is 1. The summed E-state index contributed by atoms with van der Waals surface area (Å²) in [4.78, 5) is 17.4. The van der Waals surface area contributed by atoms with Crippen LogP contribution in [-0.2, 0) is 6.54 Å². The molecule has 1 aromatic heterocycles. The predicted molar refractivity (Wildman–Crippen MR) is 105 cm³/mol. The van der Waals surface area contributed by atoms with Crippen molar-refractivity contribution in [3.63, 3.8) is 0 Å². The van der Waals surface area contributed by atoms with Gasteiger partial charge in [0.2, 0.25) is 5.95 Å². The molecule has 28 heavy (non-hydrogen) atoms. The van der Waals surface area contributed by atoms with E-state index >= 15 is 0 Å². The maximum Gasteiger partial charge on any atom is 0.281 e. The average molecular weight is 372 g/mol. The molecule has 0 unspecified atom stereocenters. The molecule has 0 radical (unpaired) electrons. The van der Waals surface area contributed by atoms with E-state index in [4.69, 9.17) is 0 Å². The molecule has 3 aromatic carbocycles. The standard InChI is InChI=1S/C22H17FN4O/c23-19-13-11-17(12-14-19)20-25-22(24-15-16-7-3-1-4-8-16)27(26-20)21(28)18-9-5-2-6-10-18/h1-14H,15H2,(H,24,25,26). The van der Waals surface area contributed by atoms with Crippen LogP contribution in [0.2, 0.25) is 0 Å². The first-order chi connectivity index (χ1) is 13.7. The van der Waals surface area contributed by atoms with Crippen molar-refractivity contribution in [2.24, 2.45) is 0 Å². The van der Waals surface area contributed by atoms with Gasteiger partial charge in [0.05, 0.1) is 0 Å². The van der Waals surface area contributed by atoms with E-state index in [-0.39, 0.29) is 11.7 Å². The Kier molecular flexibility index (Phi) is 4.93. The maximum atomic E-state index is 13.2. The zero-order valence-electron chi connectivity index (χ0n) is 14.9. The van der Waals surface area contributed by atoms with Crippen LogP contribution >= 0.6 is 0 Å². The summed E-state index contributed by atoms with van der Waals surface area (Å²) in [6.07, 6.45) is 0. The number of rotatable bonds is 5. The van der Waals surface area contributed by atoms with Crippen LogP contribution in [0.15, 0.2) is 84.9 Å². The number of nitrogens with one attached hydrogen (secondary N) is 1. The Hall–Kier alpha value is -3.80. The van der Waals surface area contributed by atoms with E-state index in [1.165, 1.54) is 16.8 Å². The van der Waals surface area contributed by atoms with Gasteiger partial charge in [-0.2, -0.15) is 9.67 Å². The lowest BCUT2D eigenvalue weighted by molar-refractivity contribution is 0.0947. The van der Waals surface area contributed by atoms with Crippen molar-refractivity contribution >= 4 is 11.9 Å². The number of hydrogen-bond acceptors (Lipinski definition) is 4. The summed E-state index contributed by atoms with van der Waals surface area (Å²) >= 11 is 0. The minimum atomic E-state index is -0.342. The third-order valence-electron chi connectivity index (χ3n) is 4.22. The first kappa shape index (κ1) is 17.6. The molecule has 5 nitrogen and oxygen atoms in total. The number of nitrogens with zero attached hydrogens (tertiary/aromatic N) is 3.